The molecular formula is C25H30N2O3S. The number of morpholine rings is 1. The standard InChI is InChI=1S/C25H30N2O3S/c1-3-14-29-23-6-4-5-21(18-23)25-26-24(19(2)31-25)20-7-9-22(10-8-20)30-17-13-27-11-15-28-16-12-27/h4-10,18H,3,11-17H2,1-2H3. The van der Waals surface area contributed by atoms with Crippen molar-refractivity contribution in [2.45, 2.75) is 20.3 Å². The first-order valence-corrected chi connectivity index (χ1v) is 11.8. The average molecular weight is 439 g/mol. The van der Waals surface area contributed by atoms with Crippen LogP contribution in [0.4, 0.5) is 0 Å². The van der Waals surface area contributed by atoms with Crippen molar-refractivity contribution in [2.24, 2.45) is 0 Å². The van der Waals surface area contributed by atoms with Gasteiger partial charge in [-0.2, -0.15) is 0 Å². The van der Waals surface area contributed by atoms with Gasteiger partial charge in [-0.3, -0.25) is 4.90 Å². The molecule has 0 radical (unpaired) electrons. The maximum atomic E-state index is 5.94. The molecule has 1 saturated heterocycles. The van der Waals surface area contributed by atoms with E-state index in [-0.39, 0.29) is 0 Å². The maximum Gasteiger partial charge on any atom is 0.124 e. The van der Waals surface area contributed by atoms with E-state index < -0.39 is 0 Å². The summed E-state index contributed by atoms with van der Waals surface area (Å²) >= 11 is 1.72. The smallest absolute Gasteiger partial charge is 0.124 e. The first-order chi connectivity index (χ1) is 15.2. The molecule has 1 fully saturated rings. The van der Waals surface area contributed by atoms with E-state index in [1.165, 1.54) is 4.88 Å². The predicted molar refractivity (Wildman–Crippen MR) is 126 cm³/mol. The fourth-order valence-corrected chi connectivity index (χ4v) is 4.48. The topological polar surface area (TPSA) is 43.8 Å². The highest BCUT2D eigenvalue weighted by molar-refractivity contribution is 7.15. The third kappa shape index (κ3) is 5.85. The SMILES string of the molecule is CCCOc1cccc(-c2nc(-c3ccc(OCCN4CCOCC4)cc3)c(C)s2)c1. The molecule has 1 aliphatic rings. The van der Waals surface area contributed by atoms with Crippen molar-refractivity contribution in [3.8, 4) is 33.3 Å². The molecule has 5 nitrogen and oxygen atoms in total. The van der Waals surface area contributed by atoms with Gasteiger partial charge in [-0.05, 0) is 49.7 Å². The number of benzene rings is 2. The van der Waals surface area contributed by atoms with Crippen LogP contribution in [-0.4, -0.2) is 55.9 Å². The second kappa shape index (κ2) is 10.8. The number of hydrogen-bond donors (Lipinski definition) is 0. The summed E-state index contributed by atoms with van der Waals surface area (Å²) in [6.07, 6.45) is 0.998. The van der Waals surface area contributed by atoms with E-state index in [4.69, 9.17) is 19.2 Å². The zero-order chi connectivity index (χ0) is 21.5. The van der Waals surface area contributed by atoms with E-state index in [0.717, 1.165) is 79.2 Å². The summed E-state index contributed by atoms with van der Waals surface area (Å²) in [4.78, 5) is 8.51. The fraction of sp³-hybridized carbons (Fsp3) is 0.400. The summed E-state index contributed by atoms with van der Waals surface area (Å²) in [5.74, 6) is 1.79. The molecule has 164 valence electrons. The summed E-state index contributed by atoms with van der Waals surface area (Å²) in [5.41, 5.74) is 3.23. The van der Waals surface area contributed by atoms with Crippen LogP contribution in [0.3, 0.4) is 0 Å². The van der Waals surface area contributed by atoms with Gasteiger partial charge < -0.3 is 14.2 Å². The Hall–Kier alpha value is -2.41. The lowest BCUT2D eigenvalue weighted by Gasteiger charge is -2.26. The zero-order valence-electron chi connectivity index (χ0n) is 18.3. The molecule has 0 aliphatic carbocycles. The Bertz CT molecular complexity index is 965. The predicted octanol–water partition coefficient (Wildman–Crippen LogP) is 5.29. The fourth-order valence-electron chi connectivity index (χ4n) is 3.55. The molecule has 0 unspecified atom stereocenters. The third-order valence-corrected chi connectivity index (χ3v) is 6.28. The second-order valence-electron chi connectivity index (χ2n) is 7.63. The van der Waals surface area contributed by atoms with Gasteiger partial charge in [0.05, 0.1) is 25.5 Å². The Labute approximate surface area is 188 Å². The lowest BCUT2D eigenvalue weighted by Crippen LogP contribution is -2.38. The van der Waals surface area contributed by atoms with Crippen LogP contribution in [0.5, 0.6) is 11.5 Å². The number of hydrogen-bond acceptors (Lipinski definition) is 6. The lowest BCUT2D eigenvalue weighted by atomic mass is 10.1. The first-order valence-electron chi connectivity index (χ1n) is 11.0. The number of rotatable bonds is 9. The Balaban J connectivity index is 1.40. The summed E-state index contributed by atoms with van der Waals surface area (Å²) in [7, 11) is 0. The van der Waals surface area contributed by atoms with E-state index in [9.17, 15) is 0 Å². The molecule has 6 heteroatoms. The van der Waals surface area contributed by atoms with Gasteiger partial charge in [0.25, 0.3) is 0 Å². The quantitative estimate of drug-likeness (QED) is 0.454. The minimum Gasteiger partial charge on any atom is -0.494 e. The number of thiazole rings is 1. The van der Waals surface area contributed by atoms with Gasteiger partial charge in [-0.15, -0.1) is 11.3 Å². The van der Waals surface area contributed by atoms with E-state index in [2.05, 4.69) is 43.0 Å². The Morgan fingerprint density at radius 1 is 0.968 bits per heavy atom. The van der Waals surface area contributed by atoms with Crippen LogP contribution in [0.15, 0.2) is 48.5 Å². The Morgan fingerprint density at radius 2 is 1.74 bits per heavy atom. The van der Waals surface area contributed by atoms with Crippen LogP contribution in [0, 0.1) is 6.92 Å². The van der Waals surface area contributed by atoms with E-state index >= 15 is 0 Å². The molecule has 0 saturated carbocycles. The minimum absolute atomic E-state index is 0.690. The van der Waals surface area contributed by atoms with Crippen molar-refractivity contribution in [1.29, 1.82) is 0 Å². The number of aromatic nitrogens is 1. The van der Waals surface area contributed by atoms with Crippen LogP contribution >= 0.6 is 11.3 Å². The summed E-state index contributed by atoms with van der Waals surface area (Å²) in [6, 6.07) is 16.4. The van der Waals surface area contributed by atoms with Crippen molar-refractivity contribution < 1.29 is 14.2 Å². The highest BCUT2D eigenvalue weighted by Crippen LogP contribution is 2.35. The molecule has 1 aliphatic heterocycles. The van der Waals surface area contributed by atoms with Gasteiger partial charge in [0, 0.05) is 35.6 Å². The third-order valence-electron chi connectivity index (χ3n) is 5.26. The molecule has 2 heterocycles. The first kappa shape index (κ1) is 21.8. The van der Waals surface area contributed by atoms with Crippen molar-refractivity contribution in [2.75, 3.05) is 46.1 Å². The normalized spacial score (nSPS) is 14.5. The van der Waals surface area contributed by atoms with Crippen molar-refractivity contribution in [3.63, 3.8) is 0 Å². The van der Waals surface area contributed by atoms with Crippen LogP contribution in [-0.2, 0) is 4.74 Å². The number of nitrogens with zero attached hydrogens (tertiary/aromatic N) is 2. The molecule has 0 bridgehead atoms. The Kier molecular flexibility index (Phi) is 7.57. The average Bonchev–Trinajstić information content (AvgIpc) is 3.21. The zero-order valence-corrected chi connectivity index (χ0v) is 19.1. The summed E-state index contributed by atoms with van der Waals surface area (Å²) in [6.45, 7) is 10.2. The highest BCUT2D eigenvalue weighted by atomic mass is 32.1. The van der Waals surface area contributed by atoms with E-state index in [1.807, 2.05) is 24.3 Å². The highest BCUT2D eigenvalue weighted by Gasteiger charge is 2.13. The molecule has 2 aromatic carbocycles. The summed E-state index contributed by atoms with van der Waals surface area (Å²) in [5, 5.41) is 1.01. The molecule has 0 amide bonds. The van der Waals surface area contributed by atoms with Crippen LogP contribution in [0.1, 0.15) is 18.2 Å². The van der Waals surface area contributed by atoms with E-state index in [0.29, 0.717) is 6.61 Å². The van der Waals surface area contributed by atoms with Crippen molar-refractivity contribution in [3.05, 3.63) is 53.4 Å². The van der Waals surface area contributed by atoms with Crippen LogP contribution < -0.4 is 9.47 Å². The molecule has 3 aromatic rings. The van der Waals surface area contributed by atoms with Gasteiger partial charge in [0.15, 0.2) is 0 Å². The molecule has 4 rings (SSSR count). The van der Waals surface area contributed by atoms with E-state index in [1.54, 1.807) is 11.3 Å². The monoisotopic (exact) mass is 438 g/mol. The molecule has 1 aromatic heterocycles. The Morgan fingerprint density at radius 3 is 2.52 bits per heavy atom. The second-order valence-corrected chi connectivity index (χ2v) is 8.83. The molecule has 0 atom stereocenters. The molecule has 31 heavy (non-hydrogen) atoms. The van der Waals surface area contributed by atoms with Gasteiger partial charge in [-0.25, -0.2) is 4.98 Å². The maximum absolute atomic E-state index is 5.94. The lowest BCUT2D eigenvalue weighted by molar-refractivity contribution is 0.0322. The van der Waals surface area contributed by atoms with Crippen molar-refractivity contribution in [1.82, 2.24) is 9.88 Å². The van der Waals surface area contributed by atoms with Crippen molar-refractivity contribution >= 4 is 11.3 Å². The van der Waals surface area contributed by atoms with Gasteiger partial charge in [0.2, 0.25) is 0 Å². The molecule has 0 N–H and O–H groups in total. The minimum atomic E-state index is 0.690. The molecular weight excluding hydrogens is 408 g/mol. The number of ether oxygens (including phenoxy) is 3. The van der Waals surface area contributed by atoms with Gasteiger partial charge in [-0.1, -0.05) is 19.1 Å². The number of aryl methyl sites for hydroxylation is 1. The van der Waals surface area contributed by atoms with Crippen LogP contribution in [0.2, 0.25) is 0 Å². The molecule has 0 spiro atoms. The largest absolute Gasteiger partial charge is 0.494 e. The van der Waals surface area contributed by atoms with Gasteiger partial charge in [0.1, 0.15) is 23.1 Å². The van der Waals surface area contributed by atoms with Gasteiger partial charge >= 0.3 is 0 Å². The van der Waals surface area contributed by atoms with Crippen LogP contribution in [0.25, 0.3) is 21.8 Å². The summed E-state index contributed by atoms with van der Waals surface area (Å²) < 4.78 is 17.1.